The van der Waals surface area contributed by atoms with Gasteiger partial charge >= 0.3 is 0 Å². The van der Waals surface area contributed by atoms with E-state index >= 15 is 0 Å². The molecule has 0 saturated carbocycles. The van der Waals surface area contributed by atoms with Crippen LogP contribution in [0.5, 0.6) is 11.5 Å². The zero-order valence-electron chi connectivity index (χ0n) is 37.0. The quantitative estimate of drug-likeness (QED) is 0.138. The van der Waals surface area contributed by atoms with Crippen LogP contribution in [-0.4, -0.2) is 151 Å². The monoisotopic (exact) mass is 884 g/mol. The molecule has 2 aromatic rings. The molecular weight excluding hydrogens is 821 g/mol. The van der Waals surface area contributed by atoms with Gasteiger partial charge in [0.05, 0.1) is 75.2 Å². The summed E-state index contributed by atoms with van der Waals surface area (Å²) in [5.41, 5.74) is -2.30. The predicted molar refractivity (Wildman–Crippen MR) is 233 cm³/mol. The molecular formula is C43H64N4O12Si2. The highest BCUT2D eigenvalue weighted by Crippen LogP contribution is 2.43. The van der Waals surface area contributed by atoms with Crippen LogP contribution in [0.3, 0.4) is 0 Å². The van der Waals surface area contributed by atoms with Crippen LogP contribution in [0.25, 0.3) is 0 Å². The third-order valence-electron chi connectivity index (χ3n) is 11.7. The largest absolute Gasteiger partial charge is 0.497 e. The maximum Gasteiger partial charge on any atom is 0.282 e. The number of carbonyl (C=O) groups excluding carboxylic acids is 4. The summed E-state index contributed by atoms with van der Waals surface area (Å²) in [7, 11) is 0.138. The van der Waals surface area contributed by atoms with Crippen molar-refractivity contribution in [1.82, 2.24) is 9.80 Å². The van der Waals surface area contributed by atoms with Crippen molar-refractivity contribution in [3.8, 4) is 11.5 Å². The Morgan fingerprint density at radius 2 is 1.00 bits per heavy atom. The summed E-state index contributed by atoms with van der Waals surface area (Å²) in [6.45, 7) is 14.1. The van der Waals surface area contributed by atoms with Crippen LogP contribution in [0.4, 0.5) is 11.4 Å². The Kier molecular flexibility index (Phi) is 14.4. The number of ether oxygens (including phenoxy) is 6. The Hall–Kier alpha value is -3.89. The summed E-state index contributed by atoms with van der Waals surface area (Å²) in [5.74, 6) is -1.03. The molecule has 0 bridgehead atoms. The SMILES string of the molecule is COc1ccc2c(c1)C(=O)N1CC(O)CC1(OCCCCCO[C@]13C[C@@H](O)CN1C(=O)c1cc(OC)ccc1N(COCC[Si](C)(C)C)C3=O)C(=O)N2COCC[Si](C)(C)C. The van der Waals surface area contributed by atoms with E-state index in [1.807, 2.05) is 0 Å². The Bertz CT molecular complexity index is 1810. The molecule has 0 aromatic heterocycles. The summed E-state index contributed by atoms with van der Waals surface area (Å²) in [5, 5.41) is 21.9. The number of unbranched alkanes of at least 4 members (excludes halogenated alkanes) is 2. The number of methoxy groups -OCH3 is 2. The number of anilines is 2. The minimum Gasteiger partial charge on any atom is -0.497 e. The predicted octanol–water partition coefficient (Wildman–Crippen LogP) is 4.73. The van der Waals surface area contributed by atoms with E-state index in [1.165, 1.54) is 33.8 Å². The number of rotatable bonds is 20. The fraction of sp³-hybridized carbons (Fsp3) is 0.628. The summed E-state index contributed by atoms with van der Waals surface area (Å²) >= 11 is 0. The van der Waals surface area contributed by atoms with Gasteiger partial charge in [0, 0.05) is 42.2 Å². The van der Waals surface area contributed by atoms with E-state index in [9.17, 15) is 29.4 Å². The number of carbonyl (C=O) groups is 4. The maximum absolute atomic E-state index is 14.6. The van der Waals surface area contributed by atoms with Gasteiger partial charge in [0.1, 0.15) is 25.0 Å². The molecule has 336 valence electrons. The molecule has 4 atom stereocenters. The van der Waals surface area contributed by atoms with Gasteiger partial charge < -0.3 is 38.6 Å². The second-order valence-corrected chi connectivity index (χ2v) is 30.0. The Morgan fingerprint density at radius 3 is 1.36 bits per heavy atom. The van der Waals surface area contributed by atoms with Crippen LogP contribution in [0.1, 0.15) is 52.8 Å². The molecule has 2 saturated heterocycles. The highest BCUT2D eigenvalue weighted by molar-refractivity contribution is 6.76. The maximum atomic E-state index is 14.6. The molecule has 2 fully saturated rings. The average molecular weight is 885 g/mol. The number of fused-ring (bicyclic) bond motifs is 4. The van der Waals surface area contributed by atoms with Gasteiger partial charge in [-0.1, -0.05) is 39.3 Å². The zero-order valence-corrected chi connectivity index (χ0v) is 39.0. The highest BCUT2D eigenvalue weighted by Gasteiger charge is 2.60. The van der Waals surface area contributed by atoms with Gasteiger partial charge in [-0.3, -0.25) is 38.8 Å². The number of aliphatic hydroxyl groups is 2. The molecule has 2 N–H and O–H groups in total. The normalized spacial score (nSPS) is 24.1. The lowest BCUT2D eigenvalue weighted by Crippen LogP contribution is -2.59. The van der Waals surface area contributed by atoms with Crippen LogP contribution < -0.4 is 19.3 Å². The zero-order chi connectivity index (χ0) is 44.3. The molecule has 4 amide bonds. The Balaban J connectivity index is 1.15. The minimum absolute atomic E-state index is 0.0688. The van der Waals surface area contributed by atoms with Crippen molar-refractivity contribution in [3.63, 3.8) is 0 Å². The van der Waals surface area contributed by atoms with Crippen molar-refractivity contribution in [3.05, 3.63) is 47.5 Å². The Morgan fingerprint density at radius 1 is 0.607 bits per heavy atom. The van der Waals surface area contributed by atoms with Crippen molar-refractivity contribution in [2.45, 2.75) is 107 Å². The smallest absolute Gasteiger partial charge is 0.282 e. The molecule has 16 nitrogen and oxygen atoms in total. The number of nitrogens with zero attached hydrogens (tertiary/aromatic N) is 4. The summed E-state index contributed by atoms with van der Waals surface area (Å²) in [6.07, 6.45) is -0.796. The second-order valence-electron chi connectivity index (χ2n) is 18.8. The van der Waals surface area contributed by atoms with E-state index < -0.39 is 63.4 Å². The fourth-order valence-electron chi connectivity index (χ4n) is 8.22. The molecule has 6 rings (SSSR count). The van der Waals surface area contributed by atoms with E-state index in [-0.39, 0.29) is 63.7 Å². The molecule has 0 aliphatic carbocycles. The molecule has 2 aromatic carbocycles. The Labute approximate surface area is 360 Å². The van der Waals surface area contributed by atoms with Crippen molar-refractivity contribution < 1.29 is 57.8 Å². The van der Waals surface area contributed by atoms with Gasteiger partial charge in [-0.2, -0.15) is 0 Å². The molecule has 2 unspecified atom stereocenters. The van der Waals surface area contributed by atoms with Crippen molar-refractivity contribution in [1.29, 1.82) is 0 Å². The first-order valence-electron chi connectivity index (χ1n) is 21.3. The van der Waals surface area contributed by atoms with Crippen LogP contribution >= 0.6 is 0 Å². The molecule has 4 aliphatic rings. The minimum atomic E-state index is -1.77. The number of hydrogen-bond donors (Lipinski definition) is 2. The van der Waals surface area contributed by atoms with Crippen molar-refractivity contribution in [2.24, 2.45) is 0 Å². The lowest BCUT2D eigenvalue weighted by atomic mass is 10.1. The lowest BCUT2D eigenvalue weighted by Gasteiger charge is -2.37. The first-order valence-corrected chi connectivity index (χ1v) is 28.7. The van der Waals surface area contributed by atoms with Crippen LogP contribution in [0, 0.1) is 0 Å². The van der Waals surface area contributed by atoms with Gasteiger partial charge in [-0.15, -0.1) is 0 Å². The number of amides is 4. The van der Waals surface area contributed by atoms with E-state index in [0.29, 0.717) is 55.4 Å². The standard InChI is InChI=1S/C43H64N4O12Si2/c1-54-32-12-14-36-34(22-32)38(50)46-26-30(48)24-42(46,40(52)44(36)28-56-18-20-60(3,4)5)58-16-10-9-11-17-59-43-25-31(49)27-47(43)39(51)35-23-33(55-2)13-15-37(35)45(41(43)53)29-57-19-21-61(6,7)8/h12-15,22-23,30-31,48-49H,9-11,16-21,24-29H2,1-8H3/t30-,31?,42+,43?/m1/s1. The van der Waals surface area contributed by atoms with Crippen molar-refractivity contribution >= 4 is 51.2 Å². The molecule has 0 radical (unpaired) electrons. The summed E-state index contributed by atoms with van der Waals surface area (Å²) in [6, 6.07) is 11.7. The topological polar surface area (TPSA) is 177 Å². The van der Waals surface area contributed by atoms with Crippen LogP contribution in [-0.2, 0) is 28.5 Å². The first-order chi connectivity index (χ1) is 28.8. The van der Waals surface area contributed by atoms with Gasteiger partial charge in [-0.25, -0.2) is 0 Å². The van der Waals surface area contributed by atoms with Gasteiger partial charge in [0.25, 0.3) is 23.6 Å². The third kappa shape index (κ3) is 10.0. The van der Waals surface area contributed by atoms with Gasteiger partial charge in [-0.05, 0) is 67.7 Å². The third-order valence-corrected chi connectivity index (χ3v) is 15.1. The van der Waals surface area contributed by atoms with Crippen LogP contribution in [0.15, 0.2) is 36.4 Å². The summed E-state index contributed by atoms with van der Waals surface area (Å²) in [4.78, 5) is 63.2. The van der Waals surface area contributed by atoms with E-state index in [1.54, 1.807) is 36.4 Å². The van der Waals surface area contributed by atoms with E-state index in [2.05, 4.69) is 39.3 Å². The van der Waals surface area contributed by atoms with E-state index in [4.69, 9.17) is 28.4 Å². The van der Waals surface area contributed by atoms with Crippen molar-refractivity contribution in [2.75, 3.05) is 77.0 Å². The van der Waals surface area contributed by atoms with Gasteiger partial charge in [0.2, 0.25) is 11.4 Å². The molecule has 4 heterocycles. The molecule has 0 spiro atoms. The molecule has 18 heteroatoms. The fourth-order valence-corrected chi connectivity index (χ4v) is 9.73. The lowest BCUT2D eigenvalue weighted by molar-refractivity contribution is -0.165. The van der Waals surface area contributed by atoms with E-state index in [0.717, 1.165) is 12.1 Å². The molecule has 4 aliphatic heterocycles. The second kappa shape index (κ2) is 18.8. The molecule has 61 heavy (non-hydrogen) atoms. The van der Waals surface area contributed by atoms with Gasteiger partial charge in [0.15, 0.2) is 0 Å². The highest BCUT2D eigenvalue weighted by atomic mass is 28.3. The number of benzene rings is 2. The average Bonchev–Trinajstić information content (AvgIpc) is 3.71. The summed E-state index contributed by atoms with van der Waals surface area (Å²) < 4.78 is 35.8. The number of aliphatic hydroxyl groups excluding tert-OH is 2. The first kappa shape index (κ1) is 46.6. The van der Waals surface area contributed by atoms with Crippen LogP contribution in [0.2, 0.25) is 51.4 Å². The number of hydrogen-bond acceptors (Lipinski definition) is 12.